The minimum Gasteiger partial charge on any atom is -0.478 e. The smallest absolute Gasteiger partial charge is 0.331 e. The van der Waals surface area contributed by atoms with Crippen molar-refractivity contribution in [2.75, 3.05) is 13.6 Å². The Kier molecular flexibility index (Phi) is 9.53. The molecule has 7 heteroatoms. The second-order valence-corrected chi connectivity index (χ2v) is 9.73. The van der Waals surface area contributed by atoms with Gasteiger partial charge in [-0.3, -0.25) is 14.5 Å². The molecule has 1 fully saturated rings. The molecule has 0 spiro atoms. The lowest BCUT2D eigenvalue weighted by Crippen LogP contribution is -2.60. The molecular weight excluding hydrogens is 382 g/mol. The van der Waals surface area contributed by atoms with Crippen LogP contribution in [0.4, 0.5) is 0 Å². The Hall–Kier alpha value is -1.89. The Bertz CT molecular complexity index is 651. The highest BCUT2D eigenvalue weighted by atomic mass is 16.4. The number of carboxylic acids is 1. The lowest BCUT2D eigenvalue weighted by molar-refractivity contribution is -0.141. The van der Waals surface area contributed by atoms with Gasteiger partial charge in [-0.1, -0.05) is 40.2 Å². The number of carboxylic acid groups (broad SMARTS) is 1. The van der Waals surface area contributed by atoms with Gasteiger partial charge in [0.25, 0.3) is 0 Å². The lowest BCUT2D eigenvalue weighted by Gasteiger charge is -2.40. The van der Waals surface area contributed by atoms with E-state index in [9.17, 15) is 19.5 Å². The van der Waals surface area contributed by atoms with Gasteiger partial charge in [0.05, 0.1) is 12.1 Å². The highest BCUT2D eigenvalue weighted by Crippen LogP contribution is 2.25. The largest absolute Gasteiger partial charge is 0.478 e. The van der Waals surface area contributed by atoms with Crippen LogP contribution in [0.3, 0.4) is 0 Å². The van der Waals surface area contributed by atoms with E-state index in [1.165, 1.54) is 6.92 Å². The van der Waals surface area contributed by atoms with Gasteiger partial charge >= 0.3 is 5.97 Å². The van der Waals surface area contributed by atoms with Crippen LogP contribution in [0.25, 0.3) is 0 Å². The Morgan fingerprint density at radius 3 is 2.30 bits per heavy atom. The van der Waals surface area contributed by atoms with Crippen LogP contribution in [-0.2, 0) is 14.4 Å². The summed E-state index contributed by atoms with van der Waals surface area (Å²) in [6.07, 6.45) is 5.07. The van der Waals surface area contributed by atoms with Crippen LogP contribution < -0.4 is 5.32 Å². The number of amides is 2. The number of likely N-dealkylation sites (tertiary alicyclic amines) is 1. The second kappa shape index (κ2) is 10.9. The lowest BCUT2D eigenvalue weighted by atomic mass is 9.85. The van der Waals surface area contributed by atoms with Crippen LogP contribution in [0.5, 0.6) is 0 Å². The number of hydrogen-bond acceptors (Lipinski definition) is 4. The predicted octanol–water partition coefficient (Wildman–Crippen LogP) is 3.05. The molecule has 30 heavy (non-hydrogen) atoms. The summed E-state index contributed by atoms with van der Waals surface area (Å²) in [5, 5.41) is 12.2. The summed E-state index contributed by atoms with van der Waals surface area (Å²) in [6.45, 7) is 14.3. The van der Waals surface area contributed by atoms with Gasteiger partial charge < -0.3 is 15.3 Å². The number of rotatable bonds is 8. The normalized spacial score (nSPS) is 20.6. The Morgan fingerprint density at radius 2 is 1.83 bits per heavy atom. The van der Waals surface area contributed by atoms with Crippen LogP contribution in [0.2, 0.25) is 0 Å². The second-order valence-electron chi connectivity index (χ2n) is 9.73. The SMILES string of the molecule is CC[C@@H](/C=C(\C)C(=O)O)N(C)C(=O)C(NC(=O)[C@H]1CCCCN1C(C)C)C(C)(C)C. The molecule has 1 rings (SSSR count). The Balaban J connectivity index is 3.08. The van der Waals surface area contributed by atoms with Gasteiger partial charge in [0.2, 0.25) is 11.8 Å². The molecule has 7 nitrogen and oxygen atoms in total. The molecule has 0 saturated carbocycles. The van der Waals surface area contributed by atoms with Crippen molar-refractivity contribution in [2.45, 2.75) is 98.3 Å². The van der Waals surface area contributed by atoms with Gasteiger partial charge in [-0.05, 0) is 52.0 Å². The molecule has 2 N–H and O–H groups in total. The number of aliphatic carboxylic acids is 1. The van der Waals surface area contributed by atoms with E-state index in [2.05, 4.69) is 24.1 Å². The number of piperidine rings is 1. The predicted molar refractivity (Wildman–Crippen MR) is 119 cm³/mol. The van der Waals surface area contributed by atoms with Crippen LogP contribution >= 0.6 is 0 Å². The third kappa shape index (κ3) is 6.83. The van der Waals surface area contributed by atoms with Crippen LogP contribution in [0.15, 0.2) is 11.6 Å². The molecule has 1 heterocycles. The third-order valence-corrected chi connectivity index (χ3v) is 5.95. The van der Waals surface area contributed by atoms with Crippen molar-refractivity contribution < 1.29 is 19.5 Å². The first-order valence-electron chi connectivity index (χ1n) is 11.1. The highest BCUT2D eigenvalue weighted by Gasteiger charge is 2.39. The van der Waals surface area contributed by atoms with Gasteiger partial charge in [0, 0.05) is 18.7 Å². The van der Waals surface area contributed by atoms with Crippen molar-refractivity contribution >= 4 is 17.8 Å². The van der Waals surface area contributed by atoms with Gasteiger partial charge in [-0.15, -0.1) is 0 Å². The third-order valence-electron chi connectivity index (χ3n) is 5.95. The standard InChI is InChI=1S/C23H41N3O4/c1-9-17(14-16(4)22(29)30)25(8)21(28)19(23(5,6)7)24-20(27)18-12-10-11-13-26(18)15(2)3/h14-15,17-19H,9-13H2,1-8H3,(H,24,27)(H,29,30)/b16-14+/t17-,18+,19?/m0/s1. The molecule has 2 amide bonds. The molecule has 0 aromatic carbocycles. The average Bonchev–Trinajstić information content (AvgIpc) is 2.67. The first kappa shape index (κ1) is 26.1. The summed E-state index contributed by atoms with van der Waals surface area (Å²) in [4.78, 5) is 41.6. The van der Waals surface area contributed by atoms with Gasteiger partial charge in [0.1, 0.15) is 6.04 Å². The molecule has 172 valence electrons. The van der Waals surface area contributed by atoms with Gasteiger partial charge in [-0.2, -0.15) is 0 Å². The van der Waals surface area contributed by atoms with Crippen LogP contribution in [0.1, 0.15) is 74.1 Å². The van der Waals surface area contributed by atoms with Gasteiger partial charge in [-0.25, -0.2) is 4.79 Å². The molecule has 0 radical (unpaired) electrons. The highest BCUT2D eigenvalue weighted by molar-refractivity contribution is 5.91. The Morgan fingerprint density at radius 1 is 1.23 bits per heavy atom. The zero-order chi connectivity index (χ0) is 23.2. The van der Waals surface area contributed by atoms with E-state index in [0.717, 1.165) is 25.8 Å². The van der Waals surface area contributed by atoms with Crippen molar-refractivity contribution in [1.82, 2.24) is 15.1 Å². The average molecular weight is 424 g/mol. The minimum absolute atomic E-state index is 0.101. The fourth-order valence-electron chi connectivity index (χ4n) is 3.97. The molecule has 1 aliphatic rings. The molecule has 0 aromatic rings. The first-order chi connectivity index (χ1) is 13.8. The van der Waals surface area contributed by atoms with E-state index in [-0.39, 0.29) is 35.5 Å². The molecule has 1 aliphatic heterocycles. The minimum atomic E-state index is -0.999. The van der Waals surface area contributed by atoms with Crippen molar-refractivity contribution in [3.63, 3.8) is 0 Å². The maximum absolute atomic E-state index is 13.4. The summed E-state index contributed by atoms with van der Waals surface area (Å²) in [6, 6.07) is -1.00. The van der Waals surface area contributed by atoms with Crippen molar-refractivity contribution in [2.24, 2.45) is 5.41 Å². The number of carbonyl (C=O) groups excluding carboxylic acids is 2. The maximum Gasteiger partial charge on any atom is 0.331 e. The van der Waals surface area contributed by atoms with Crippen LogP contribution in [0, 0.1) is 5.41 Å². The summed E-state index contributed by atoms with van der Waals surface area (Å²) < 4.78 is 0. The van der Waals surface area contributed by atoms with Crippen LogP contribution in [-0.4, -0.2) is 70.4 Å². The van der Waals surface area contributed by atoms with Crippen molar-refractivity contribution in [3.8, 4) is 0 Å². The molecule has 1 saturated heterocycles. The van der Waals surface area contributed by atoms with Gasteiger partial charge in [0.15, 0.2) is 0 Å². The zero-order valence-electron chi connectivity index (χ0n) is 20.0. The summed E-state index contributed by atoms with van der Waals surface area (Å²) in [5.74, 6) is -1.31. The fourth-order valence-corrected chi connectivity index (χ4v) is 3.97. The molecule has 0 bridgehead atoms. The van der Waals surface area contributed by atoms with Crippen molar-refractivity contribution in [3.05, 3.63) is 11.6 Å². The first-order valence-corrected chi connectivity index (χ1v) is 11.1. The van der Waals surface area contributed by atoms with E-state index in [1.807, 2.05) is 27.7 Å². The quantitative estimate of drug-likeness (QED) is 0.586. The Labute approximate surface area is 181 Å². The fraction of sp³-hybridized carbons (Fsp3) is 0.783. The van der Waals surface area contributed by atoms with E-state index in [0.29, 0.717) is 6.42 Å². The molecule has 1 unspecified atom stereocenters. The number of likely N-dealkylation sites (N-methyl/N-ethyl adjacent to an activating group) is 1. The molecule has 0 aromatic heterocycles. The molecule has 0 aliphatic carbocycles. The summed E-state index contributed by atoms with van der Waals surface area (Å²) in [5.41, 5.74) is -0.282. The summed E-state index contributed by atoms with van der Waals surface area (Å²) in [7, 11) is 1.67. The number of nitrogens with zero attached hydrogens (tertiary/aromatic N) is 2. The number of nitrogens with one attached hydrogen (secondary N) is 1. The molecular formula is C23H41N3O4. The summed E-state index contributed by atoms with van der Waals surface area (Å²) >= 11 is 0. The van der Waals surface area contributed by atoms with E-state index >= 15 is 0 Å². The zero-order valence-corrected chi connectivity index (χ0v) is 20.0. The number of carbonyl (C=O) groups is 3. The van der Waals surface area contributed by atoms with E-state index in [4.69, 9.17) is 0 Å². The van der Waals surface area contributed by atoms with Crippen molar-refractivity contribution in [1.29, 1.82) is 0 Å². The molecule has 3 atom stereocenters. The number of hydrogen-bond donors (Lipinski definition) is 2. The van der Waals surface area contributed by atoms with E-state index in [1.54, 1.807) is 18.0 Å². The topological polar surface area (TPSA) is 90.0 Å². The van der Waals surface area contributed by atoms with E-state index < -0.39 is 17.4 Å². The monoisotopic (exact) mass is 423 g/mol. The maximum atomic E-state index is 13.4.